The number of carbonyl (C=O) groups is 1. The highest BCUT2D eigenvalue weighted by molar-refractivity contribution is 5.77. The normalized spacial score (nSPS) is 19.9. The Kier molecular flexibility index (Phi) is 3.82. The second kappa shape index (κ2) is 6.11. The van der Waals surface area contributed by atoms with E-state index in [0.717, 1.165) is 41.9 Å². The first-order valence-corrected chi connectivity index (χ1v) is 8.50. The molecule has 2 aliphatic carbocycles. The van der Waals surface area contributed by atoms with Crippen molar-refractivity contribution in [3.8, 4) is 11.4 Å². The van der Waals surface area contributed by atoms with Crippen molar-refractivity contribution in [3.63, 3.8) is 0 Å². The lowest BCUT2D eigenvalue weighted by Crippen LogP contribution is -2.31. The minimum Gasteiger partial charge on any atom is -0.349 e. The van der Waals surface area contributed by atoms with Crippen LogP contribution in [0.2, 0.25) is 0 Å². The van der Waals surface area contributed by atoms with Crippen LogP contribution in [-0.2, 0) is 11.2 Å². The Morgan fingerprint density at radius 1 is 1.17 bits per heavy atom. The van der Waals surface area contributed by atoms with Crippen LogP contribution < -0.4 is 5.32 Å². The zero-order chi connectivity index (χ0) is 15.6. The Bertz CT molecular complexity index is 710. The molecule has 1 heterocycles. The Labute approximate surface area is 136 Å². The Hall–Kier alpha value is -2.23. The molecule has 1 unspecified atom stereocenters. The first-order valence-electron chi connectivity index (χ1n) is 8.50. The van der Waals surface area contributed by atoms with Gasteiger partial charge in [-0.25, -0.2) is 9.97 Å². The number of fused-ring (bicyclic) bond motifs is 1. The number of benzene rings is 1. The van der Waals surface area contributed by atoms with Crippen LogP contribution in [0, 0.1) is 5.92 Å². The number of nitrogens with one attached hydrogen (secondary N) is 1. The van der Waals surface area contributed by atoms with Gasteiger partial charge in [-0.3, -0.25) is 4.79 Å². The van der Waals surface area contributed by atoms with Gasteiger partial charge in [-0.1, -0.05) is 30.3 Å². The zero-order valence-corrected chi connectivity index (χ0v) is 13.2. The maximum absolute atomic E-state index is 12.1. The summed E-state index contributed by atoms with van der Waals surface area (Å²) in [5.41, 5.74) is 3.22. The topological polar surface area (TPSA) is 54.9 Å². The highest BCUT2D eigenvalue weighted by atomic mass is 16.1. The standard InChI is InChI=1S/C19H21N3O/c23-18(11-13-9-10-13)21-16-7-4-8-17-15(16)12-20-19(22-17)14-5-2-1-3-6-14/h1-3,5-6,12-13,16H,4,7-11H2,(H,21,23). The SMILES string of the molecule is O=C(CC1CC1)NC1CCCc2nc(-c3ccccc3)ncc21. The van der Waals surface area contributed by atoms with Gasteiger partial charge < -0.3 is 5.32 Å². The fourth-order valence-electron chi connectivity index (χ4n) is 3.26. The number of carbonyl (C=O) groups excluding carboxylic acids is 1. The summed E-state index contributed by atoms with van der Waals surface area (Å²) in [6.45, 7) is 0. The van der Waals surface area contributed by atoms with E-state index in [1.807, 2.05) is 36.5 Å². The van der Waals surface area contributed by atoms with Gasteiger partial charge in [0.2, 0.25) is 5.91 Å². The average molecular weight is 307 g/mol. The van der Waals surface area contributed by atoms with E-state index in [2.05, 4.69) is 10.3 Å². The molecule has 4 heteroatoms. The van der Waals surface area contributed by atoms with E-state index < -0.39 is 0 Å². The molecule has 0 aliphatic heterocycles. The summed E-state index contributed by atoms with van der Waals surface area (Å²) in [5.74, 6) is 1.57. The third-order valence-corrected chi connectivity index (χ3v) is 4.72. The molecule has 0 spiro atoms. The first-order chi connectivity index (χ1) is 11.3. The van der Waals surface area contributed by atoms with Gasteiger partial charge in [-0.05, 0) is 38.0 Å². The molecular formula is C19H21N3O. The van der Waals surface area contributed by atoms with Gasteiger partial charge in [0.1, 0.15) is 0 Å². The smallest absolute Gasteiger partial charge is 0.220 e. The molecule has 2 aromatic rings. The quantitative estimate of drug-likeness (QED) is 0.941. The number of rotatable bonds is 4. The highest BCUT2D eigenvalue weighted by Gasteiger charge is 2.28. The second-order valence-corrected chi connectivity index (χ2v) is 6.62. The third kappa shape index (κ3) is 3.26. The summed E-state index contributed by atoms with van der Waals surface area (Å²) in [6, 6.07) is 10.1. The lowest BCUT2D eigenvalue weighted by atomic mass is 9.92. The van der Waals surface area contributed by atoms with Crippen LogP contribution in [0.25, 0.3) is 11.4 Å². The second-order valence-electron chi connectivity index (χ2n) is 6.62. The van der Waals surface area contributed by atoms with E-state index in [1.54, 1.807) is 0 Å². The fourth-order valence-corrected chi connectivity index (χ4v) is 3.26. The average Bonchev–Trinajstić information content (AvgIpc) is 3.39. The molecule has 4 rings (SSSR count). The molecule has 1 aromatic carbocycles. The molecular weight excluding hydrogens is 286 g/mol. The van der Waals surface area contributed by atoms with Gasteiger partial charge in [-0.2, -0.15) is 0 Å². The van der Waals surface area contributed by atoms with Gasteiger partial charge in [0.05, 0.1) is 6.04 Å². The van der Waals surface area contributed by atoms with Crippen molar-refractivity contribution in [2.24, 2.45) is 5.92 Å². The van der Waals surface area contributed by atoms with Crippen LogP contribution >= 0.6 is 0 Å². The predicted octanol–water partition coefficient (Wildman–Crippen LogP) is 3.44. The van der Waals surface area contributed by atoms with Crippen LogP contribution in [0.1, 0.15) is 49.4 Å². The number of hydrogen-bond acceptors (Lipinski definition) is 3. The van der Waals surface area contributed by atoms with Crippen molar-refractivity contribution in [1.29, 1.82) is 0 Å². The number of amides is 1. The predicted molar refractivity (Wildman–Crippen MR) is 88.6 cm³/mol. The third-order valence-electron chi connectivity index (χ3n) is 4.72. The first kappa shape index (κ1) is 14.4. The minimum atomic E-state index is 0.0785. The minimum absolute atomic E-state index is 0.0785. The molecule has 1 N–H and O–H groups in total. The van der Waals surface area contributed by atoms with Crippen LogP contribution in [0.3, 0.4) is 0 Å². The van der Waals surface area contributed by atoms with Gasteiger partial charge in [0, 0.05) is 29.4 Å². The van der Waals surface area contributed by atoms with Crippen LogP contribution in [0.15, 0.2) is 36.5 Å². The summed E-state index contributed by atoms with van der Waals surface area (Å²) >= 11 is 0. The molecule has 1 fully saturated rings. The molecule has 0 radical (unpaired) electrons. The lowest BCUT2D eigenvalue weighted by molar-refractivity contribution is -0.122. The summed E-state index contributed by atoms with van der Waals surface area (Å²) in [5, 5.41) is 3.19. The highest BCUT2D eigenvalue weighted by Crippen LogP contribution is 2.33. The van der Waals surface area contributed by atoms with Gasteiger partial charge in [-0.15, -0.1) is 0 Å². The summed E-state index contributed by atoms with van der Waals surface area (Å²) in [7, 11) is 0. The van der Waals surface area contributed by atoms with Gasteiger partial charge >= 0.3 is 0 Å². The molecule has 23 heavy (non-hydrogen) atoms. The fraction of sp³-hybridized carbons (Fsp3) is 0.421. The summed E-state index contributed by atoms with van der Waals surface area (Å²) in [4.78, 5) is 21.4. The zero-order valence-electron chi connectivity index (χ0n) is 13.2. The van der Waals surface area contributed by atoms with E-state index in [4.69, 9.17) is 4.98 Å². The van der Waals surface area contributed by atoms with E-state index in [0.29, 0.717) is 12.3 Å². The largest absolute Gasteiger partial charge is 0.349 e. The van der Waals surface area contributed by atoms with Crippen LogP contribution in [0.4, 0.5) is 0 Å². The van der Waals surface area contributed by atoms with E-state index in [1.165, 1.54) is 12.8 Å². The van der Waals surface area contributed by atoms with Gasteiger partial charge in [0.25, 0.3) is 0 Å². The van der Waals surface area contributed by atoms with Crippen molar-refractivity contribution in [3.05, 3.63) is 47.8 Å². The van der Waals surface area contributed by atoms with E-state index >= 15 is 0 Å². The molecule has 1 amide bonds. The molecule has 1 saturated carbocycles. The van der Waals surface area contributed by atoms with Crippen LogP contribution in [-0.4, -0.2) is 15.9 Å². The molecule has 0 saturated heterocycles. The number of nitrogens with zero attached hydrogens (tertiary/aromatic N) is 2. The van der Waals surface area contributed by atoms with E-state index in [9.17, 15) is 4.79 Å². The Balaban J connectivity index is 1.55. The molecule has 0 bridgehead atoms. The van der Waals surface area contributed by atoms with Crippen molar-refractivity contribution in [1.82, 2.24) is 15.3 Å². The maximum atomic E-state index is 12.1. The van der Waals surface area contributed by atoms with E-state index in [-0.39, 0.29) is 11.9 Å². The number of aromatic nitrogens is 2. The molecule has 2 aliphatic rings. The monoisotopic (exact) mass is 307 g/mol. The molecule has 1 aromatic heterocycles. The molecule has 118 valence electrons. The van der Waals surface area contributed by atoms with Crippen molar-refractivity contribution in [2.45, 2.75) is 44.6 Å². The van der Waals surface area contributed by atoms with Crippen LogP contribution in [0.5, 0.6) is 0 Å². The van der Waals surface area contributed by atoms with Crippen molar-refractivity contribution < 1.29 is 4.79 Å². The number of aryl methyl sites for hydroxylation is 1. The summed E-state index contributed by atoms with van der Waals surface area (Å²) in [6.07, 6.45) is 8.01. The number of hydrogen-bond donors (Lipinski definition) is 1. The van der Waals surface area contributed by atoms with Crippen molar-refractivity contribution >= 4 is 5.91 Å². The summed E-state index contributed by atoms with van der Waals surface area (Å²) < 4.78 is 0. The lowest BCUT2D eigenvalue weighted by Gasteiger charge is -2.25. The molecule has 4 nitrogen and oxygen atoms in total. The van der Waals surface area contributed by atoms with Crippen molar-refractivity contribution in [2.75, 3.05) is 0 Å². The van der Waals surface area contributed by atoms with Gasteiger partial charge in [0.15, 0.2) is 5.82 Å². The Morgan fingerprint density at radius 2 is 2.00 bits per heavy atom. The molecule has 1 atom stereocenters. The maximum Gasteiger partial charge on any atom is 0.220 e. The Morgan fingerprint density at radius 3 is 2.78 bits per heavy atom.